The molecule has 0 aliphatic heterocycles. The molecule has 0 radical (unpaired) electrons. The zero-order valence-corrected chi connectivity index (χ0v) is 16.9. The summed E-state index contributed by atoms with van der Waals surface area (Å²) >= 11 is 1.45. The van der Waals surface area contributed by atoms with Crippen LogP contribution in [0.15, 0.2) is 59.0 Å². The number of imidazole rings is 1. The molecule has 9 heteroatoms. The molecule has 0 spiro atoms. The quantitative estimate of drug-likeness (QED) is 0.452. The van der Waals surface area contributed by atoms with Gasteiger partial charge in [0, 0.05) is 18.3 Å². The van der Waals surface area contributed by atoms with E-state index in [1.54, 1.807) is 26.7 Å². The fraction of sp³-hybridized carbons (Fsp3) is 0.200. The molecule has 3 aromatic heterocycles. The maximum Gasteiger partial charge on any atom is 0.294 e. The van der Waals surface area contributed by atoms with Crippen molar-refractivity contribution in [3.8, 4) is 11.5 Å². The van der Waals surface area contributed by atoms with Crippen LogP contribution in [0, 0.1) is 0 Å². The normalized spacial score (nSPS) is 11.0. The number of hydrogen-bond donors (Lipinski definition) is 2. The van der Waals surface area contributed by atoms with Crippen LogP contribution < -0.4 is 19.8 Å². The Labute approximate surface area is 172 Å². The van der Waals surface area contributed by atoms with Crippen molar-refractivity contribution in [1.82, 2.24) is 19.9 Å². The summed E-state index contributed by atoms with van der Waals surface area (Å²) in [5.74, 6) is 1.90. The van der Waals surface area contributed by atoms with Gasteiger partial charge in [-0.15, -0.1) is 0 Å². The van der Waals surface area contributed by atoms with Gasteiger partial charge in [-0.05, 0) is 42.1 Å². The molecule has 0 bridgehead atoms. The molecule has 3 N–H and O–H groups in total. The predicted octanol–water partition coefficient (Wildman–Crippen LogP) is 2.63. The van der Waals surface area contributed by atoms with E-state index in [9.17, 15) is 0 Å². The maximum atomic E-state index is 6.08. The Bertz CT molecular complexity index is 1130. The van der Waals surface area contributed by atoms with E-state index in [0.29, 0.717) is 23.0 Å². The molecular weight excluding hydrogens is 388 g/mol. The van der Waals surface area contributed by atoms with Gasteiger partial charge in [0.25, 0.3) is 5.65 Å². The van der Waals surface area contributed by atoms with Crippen LogP contribution in [0.3, 0.4) is 0 Å². The van der Waals surface area contributed by atoms with Gasteiger partial charge in [-0.25, -0.2) is 4.57 Å². The van der Waals surface area contributed by atoms with Crippen molar-refractivity contribution in [3.63, 3.8) is 0 Å². The molecule has 4 rings (SSSR count). The number of nitrogens with zero attached hydrogens (tertiary/aromatic N) is 4. The molecule has 4 aromatic rings. The minimum atomic E-state index is 0.408. The maximum absolute atomic E-state index is 6.08. The lowest BCUT2D eigenvalue weighted by Crippen LogP contribution is -2.36. The Morgan fingerprint density at radius 3 is 2.79 bits per heavy atom. The highest BCUT2D eigenvalue weighted by atomic mass is 32.2. The van der Waals surface area contributed by atoms with E-state index >= 15 is 0 Å². The van der Waals surface area contributed by atoms with Gasteiger partial charge in [0.05, 0.1) is 25.7 Å². The number of pyridine rings is 1. The Kier molecular flexibility index (Phi) is 5.48. The molecule has 0 aliphatic rings. The topological polar surface area (TPSA) is 103 Å². The Morgan fingerprint density at radius 1 is 1.14 bits per heavy atom. The van der Waals surface area contributed by atoms with Gasteiger partial charge in [0.1, 0.15) is 11.5 Å². The number of hydrogen-bond acceptors (Lipinski definition) is 7. The largest absolute Gasteiger partial charge is 0.497 e. The number of fused-ring (bicyclic) bond motifs is 1. The predicted molar refractivity (Wildman–Crippen MR) is 110 cm³/mol. The van der Waals surface area contributed by atoms with Crippen LogP contribution >= 0.6 is 11.8 Å². The molecule has 0 saturated heterocycles. The number of methoxy groups -OCH3 is 2. The number of nitrogen functional groups attached to an aromatic ring is 1. The van der Waals surface area contributed by atoms with Crippen LogP contribution in [0.25, 0.3) is 11.2 Å². The highest BCUT2D eigenvalue weighted by Crippen LogP contribution is 2.36. The lowest BCUT2D eigenvalue weighted by Gasteiger charge is -2.07. The SMILES string of the molecule is COc1ccc(OC)c(Sc2nc3c([nH]2)c(N)nc[n+]3CCc2ccccn2)c1. The molecule has 1 aromatic carbocycles. The number of ether oxygens (including phenoxy) is 2. The second-order valence-corrected chi connectivity index (χ2v) is 7.28. The summed E-state index contributed by atoms with van der Waals surface area (Å²) in [5, 5.41) is 0.692. The zero-order valence-electron chi connectivity index (χ0n) is 16.1. The van der Waals surface area contributed by atoms with E-state index in [4.69, 9.17) is 20.2 Å². The van der Waals surface area contributed by atoms with Crippen molar-refractivity contribution in [3.05, 3.63) is 54.6 Å². The third kappa shape index (κ3) is 4.09. The van der Waals surface area contributed by atoms with Gasteiger partial charge < -0.3 is 20.2 Å². The molecular formula is C20H21N6O2S+. The molecule has 0 atom stereocenters. The van der Waals surface area contributed by atoms with Gasteiger partial charge in [-0.1, -0.05) is 16.0 Å². The number of aromatic nitrogens is 5. The first-order valence-corrected chi connectivity index (χ1v) is 9.83. The third-order valence-corrected chi connectivity index (χ3v) is 5.37. The summed E-state index contributed by atoms with van der Waals surface area (Å²) in [7, 11) is 3.27. The Morgan fingerprint density at radius 2 is 2.03 bits per heavy atom. The Hall–Kier alpha value is -3.33. The van der Waals surface area contributed by atoms with Gasteiger partial charge in [0.15, 0.2) is 5.52 Å². The highest BCUT2D eigenvalue weighted by Gasteiger charge is 2.20. The number of anilines is 1. The van der Waals surface area contributed by atoms with Crippen molar-refractivity contribution in [2.45, 2.75) is 23.0 Å². The fourth-order valence-electron chi connectivity index (χ4n) is 2.94. The number of rotatable bonds is 7. The number of aromatic amines is 1. The summed E-state index contributed by atoms with van der Waals surface area (Å²) in [5.41, 5.74) is 8.54. The highest BCUT2D eigenvalue weighted by molar-refractivity contribution is 7.99. The average Bonchev–Trinajstić information content (AvgIpc) is 3.18. The molecule has 0 aliphatic carbocycles. The standard InChI is InChI=1S/C20H20N6O2S/c1-27-14-6-7-15(28-2)16(11-14)29-20-24-17-18(21)23-12-26(19(17)25-20)10-8-13-5-3-4-9-22-13/h3-7,9,11-12H,8,10H2,1-2H3,(H2,21,24,25)/p+1. The number of nitrogens with one attached hydrogen (secondary N) is 1. The van der Waals surface area contributed by atoms with Gasteiger partial charge in [0.2, 0.25) is 17.3 Å². The molecule has 3 heterocycles. The number of nitrogens with two attached hydrogens (primary N) is 1. The second-order valence-electron chi connectivity index (χ2n) is 6.25. The van der Waals surface area contributed by atoms with E-state index in [2.05, 4.69) is 15.0 Å². The monoisotopic (exact) mass is 409 g/mol. The van der Waals surface area contributed by atoms with Crippen LogP contribution in [0.2, 0.25) is 0 Å². The molecule has 0 saturated carbocycles. The molecule has 29 heavy (non-hydrogen) atoms. The van der Waals surface area contributed by atoms with Gasteiger partial charge >= 0.3 is 0 Å². The van der Waals surface area contributed by atoms with Gasteiger partial charge in [-0.2, -0.15) is 0 Å². The molecule has 8 nitrogen and oxygen atoms in total. The molecule has 148 valence electrons. The minimum absolute atomic E-state index is 0.408. The van der Waals surface area contributed by atoms with Crippen molar-refractivity contribution in [1.29, 1.82) is 0 Å². The first kappa shape index (κ1) is 19.0. The van der Waals surface area contributed by atoms with Crippen molar-refractivity contribution >= 4 is 28.7 Å². The smallest absolute Gasteiger partial charge is 0.294 e. The number of H-pyrrole nitrogens is 1. The van der Waals surface area contributed by atoms with E-state index in [1.165, 1.54) is 11.8 Å². The summed E-state index contributed by atoms with van der Waals surface area (Å²) < 4.78 is 12.8. The van der Waals surface area contributed by atoms with Gasteiger partial charge in [-0.3, -0.25) is 4.98 Å². The molecule has 0 fully saturated rings. The van der Waals surface area contributed by atoms with E-state index in [0.717, 1.165) is 34.2 Å². The lowest BCUT2D eigenvalue weighted by atomic mass is 10.2. The van der Waals surface area contributed by atoms with E-state index in [1.807, 2.05) is 41.0 Å². The second kappa shape index (κ2) is 8.36. The first-order valence-electron chi connectivity index (χ1n) is 9.01. The minimum Gasteiger partial charge on any atom is -0.497 e. The zero-order chi connectivity index (χ0) is 20.2. The summed E-state index contributed by atoms with van der Waals surface area (Å²) in [6.07, 6.45) is 4.27. The molecule has 0 amide bonds. The Balaban J connectivity index is 1.64. The third-order valence-electron chi connectivity index (χ3n) is 4.44. The van der Waals surface area contributed by atoms with Crippen molar-refractivity contribution in [2.24, 2.45) is 0 Å². The summed E-state index contributed by atoms with van der Waals surface area (Å²) in [6.45, 7) is 0.693. The van der Waals surface area contributed by atoms with Crippen LogP contribution in [0.5, 0.6) is 11.5 Å². The average molecular weight is 409 g/mol. The van der Waals surface area contributed by atoms with E-state index < -0.39 is 0 Å². The van der Waals surface area contributed by atoms with Crippen LogP contribution in [0.4, 0.5) is 5.82 Å². The lowest BCUT2D eigenvalue weighted by molar-refractivity contribution is -0.675. The summed E-state index contributed by atoms with van der Waals surface area (Å²) in [4.78, 5) is 17.6. The van der Waals surface area contributed by atoms with Crippen LogP contribution in [-0.4, -0.2) is 34.2 Å². The van der Waals surface area contributed by atoms with Crippen molar-refractivity contribution < 1.29 is 14.0 Å². The molecule has 0 unspecified atom stereocenters. The fourth-order valence-corrected chi connectivity index (χ4v) is 3.86. The number of aryl methyl sites for hydroxylation is 2. The van der Waals surface area contributed by atoms with Crippen molar-refractivity contribution in [2.75, 3.05) is 20.0 Å². The van der Waals surface area contributed by atoms with E-state index in [-0.39, 0.29) is 0 Å². The summed E-state index contributed by atoms with van der Waals surface area (Å²) in [6, 6.07) is 11.5. The van der Waals surface area contributed by atoms with Crippen LogP contribution in [-0.2, 0) is 13.0 Å². The first-order chi connectivity index (χ1) is 14.2. The number of benzene rings is 1. The van der Waals surface area contributed by atoms with Crippen LogP contribution in [0.1, 0.15) is 5.69 Å².